The minimum absolute atomic E-state index is 0.0180. The number of amides is 1. The summed E-state index contributed by atoms with van der Waals surface area (Å²) in [6.07, 6.45) is -4.53. The molecular formula is C23H23F3N4O5S2. The van der Waals surface area contributed by atoms with E-state index in [9.17, 15) is 26.4 Å². The van der Waals surface area contributed by atoms with Crippen molar-refractivity contribution in [3.8, 4) is 0 Å². The molecule has 1 saturated heterocycles. The van der Waals surface area contributed by atoms with Gasteiger partial charge in [-0.05, 0) is 35.6 Å². The number of halogens is 3. The standard InChI is InChI=1S/C21H22N4O3S2.C2HF3O2/c22-20(23)16-6-3-4-14(10-16)12-25-9-8-17(21(25)26)24-13-30(27,28)19-11-15-5-1-2-7-18(15)29-19;3-2(4,5)1(6)7/h1-7,10-11,17,24H,8-9,12-13H2,(H3,22,23);(H,6,7)/t17-;/m0./s1. The van der Waals surface area contributed by atoms with Gasteiger partial charge in [-0.3, -0.25) is 15.5 Å². The molecule has 1 atom stereocenters. The van der Waals surface area contributed by atoms with Gasteiger partial charge in [0.05, 0.1) is 6.04 Å². The van der Waals surface area contributed by atoms with E-state index in [0.717, 1.165) is 15.6 Å². The predicted molar refractivity (Wildman–Crippen MR) is 132 cm³/mol. The lowest BCUT2D eigenvalue weighted by atomic mass is 10.1. The number of carboxylic acid groups (broad SMARTS) is 1. The normalized spacial score (nSPS) is 15.9. The molecule has 14 heteroatoms. The van der Waals surface area contributed by atoms with Crippen LogP contribution in [-0.2, 0) is 26.0 Å². The molecule has 1 amide bonds. The van der Waals surface area contributed by atoms with Gasteiger partial charge in [-0.15, -0.1) is 11.3 Å². The Morgan fingerprint density at radius 2 is 1.86 bits per heavy atom. The van der Waals surface area contributed by atoms with Gasteiger partial charge >= 0.3 is 12.1 Å². The maximum absolute atomic E-state index is 12.7. The van der Waals surface area contributed by atoms with Crippen molar-refractivity contribution < 1.29 is 36.3 Å². The Labute approximate surface area is 214 Å². The molecule has 5 N–H and O–H groups in total. The zero-order valence-electron chi connectivity index (χ0n) is 19.2. The van der Waals surface area contributed by atoms with Crippen LogP contribution in [0.15, 0.2) is 58.8 Å². The molecule has 2 aromatic carbocycles. The van der Waals surface area contributed by atoms with Gasteiger partial charge in [0.25, 0.3) is 0 Å². The number of nitrogen functional groups attached to an aromatic ring is 1. The van der Waals surface area contributed by atoms with Crippen molar-refractivity contribution >= 4 is 49.0 Å². The molecule has 1 aromatic heterocycles. The van der Waals surface area contributed by atoms with Gasteiger partial charge in [-0.2, -0.15) is 13.2 Å². The molecule has 0 bridgehead atoms. The number of nitrogens with one attached hydrogen (secondary N) is 2. The molecule has 0 aliphatic carbocycles. The lowest BCUT2D eigenvalue weighted by Gasteiger charge is -2.17. The molecule has 3 aromatic rings. The van der Waals surface area contributed by atoms with Crippen LogP contribution in [0.5, 0.6) is 0 Å². The second-order valence-electron chi connectivity index (χ2n) is 8.08. The number of hydrogen-bond donors (Lipinski definition) is 4. The summed E-state index contributed by atoms with van der Waals surface area (Å²) in [7, 11) is -3.53. The first kappa shape index (κ1) is 28.1. The number of nitrogens with two attached hydrogens (primary N) is 1. The van der Waals surface area contributed by atoms with E-state index in [2.05, 4.69) is 5.32 Å². The van der Waals surface area contributed by atoms with E-state index in [4.69, 9.17) is 21.0 Å². The van der Waals surface area contributed by atoms with Crippen molar-refractivity contribution in [2.24, 2.45) is 5.73 Å². The Hall–Kier alpha value is -3.49. The number of likely N-dealkylation sites (tertiary alicyclic amines) is 1. The minimum Gasteiger partial charge on any atom is -0.475 e. The third-order valence-electron chi connectivity index (χ3n) is 5.38. The van der Waals surface area contributed by atoms with Gasteiger partial charge in [0.2, 0.25) is 15.7 Å². The van der Waals surface area contributed by atoms with E-state index < -0.39 is 28.0 Å². The minimum atomic E-state index is -5.08. The first-order valence-electron chi connectivity index (χ1n) is 10.7. The van der Waals surface area contributed by atoms with Crippen LogP contribution in [0.25, 0.3) is 10.1 Å². The Morgan fingerprint density at radius 3 is 2.49 bits per heavy atom. The van der Waals surface area contributed by atoms with E-state index in [1.165, 1.54) is 11.3 Å². The Morgan fingerprint density at radius 1 is 1.19 bits per heavy atom. The lowest BCUT2D eigenvalue weighted by Crippen LogP contribution is -2.40. The van der Waals surface area contributed by atoms with Gasteiger partial charge < -0.3 is 15.7 Å². The molecule has 0 saturated carbocycles. The highest BCUT2D eigenvalue weighted by molar-refractivity contribution is 7.93. The molecule has 1 aliphatic rings. The van der Waals surface area contributed by atoms with Gasteiger partial charge in [-0.25, -0.2) is 13.2 Å². The van der Waals surface area contributed by atoms with Crippen molar-refractivity contribution in [1.82, 2.24) is 10.2 Å². The van der Waals surface area contributed by atoms with Gasteiger partial charge in [-0.1, -0.05) is 36.4 Å². The summed E-state index contributed by atoms with van der Waals surface area (Å²) >= 11 is 1.24. The van der Waals surface area contributed by atoms with Crippen LogP contribution in [0, 0.1) is 5.41 Å². The molecule has 2 heterocycles. The second kappa shape index (κ2) is 11.3. The van der Waals surface area contributed by atoms with E-state index >= 15 is 0 Å². The smallest absolute Gasteiger partial charge is 0.475 e. The van der Waals surface area contributed by atoms with Crippen LogP contribution in [0.3, 0.4) is 0 Å². The molecule has 37 heavy (non-hydrogen) atoms. The number of aliphatic carboxylic acids is 1. The highest BCUT2D eigenvalue weighted by Crippen LogP contribution is 2.29. The number of carbonyl (C=O) groups is 2. The van der Waals surface area contributed by atoms with E-state index in [0.29, 0.717) is 29.3 Å². The van der Waals surface area contributed by atoms with Crippen molar-refractivity contribution in [2.45, 2.75) is 29.4 Å². The first-order valence-corrected chi connectivity index (χ1v) is 13.2. The fourth-order valence-electron chi connectivity index (χ4n) is 3.54. The van der Waals surface area contributed by atoms with Crippen molar-refractivity contribution in [1.29, 1.82) is 5.41 Å². The second-order valence-corrected chi connectivity index (χ2v) is 11.4. The number of sulfone groups is 1. The number of carboxylic acids is 1. The monoisotopic (exact) mass is 556 g/mol. The third kappa shape index (κ3) is 7.27. The van der Waals surface area contributed by atoms with Crippen LogP contribution >= 0.6 is 11.3 Å². The summed E-state index contributed by atoms with van der Waals surface area (Å²) in [6, 6.07) is 15.9. The molecular weight excluding hydrogens is 533 g/mol. The van der Waals surface area contributed by atoms with Crippen LogP contribution in [0.4, 0.5) is 13.2 Å². The summed E-state index contributed by atoms with van der Waals surface area (Å²) in [6.45, 7) is 0.949. The highest BCUT2D eigenvalue weighted by Gasteiger charge is 2.38. The van der Waals surface area contributed by atoms with Crippen LogP contribution < -0.4 is 11.1 Å². The topological polar surface area (TPSA) is 154 Å². The predicted octanol–water partition coefficient (Wildman–Crippen LogP) is 2.94. The number of thiophene rings is 1. The highest BCUT2D eigenvalue weighted by atomic mass is 32.2. The molecule has 4 rings (SSSR count). The number of amidine groups is 1. The fraction of sp³-hybridized carbons (Fsp3) is 0.261. The summed E-state index contributed by atoms with van der Waals surface area (Å²) < 4.78 is 58.4. The van der Waals surface area contributed by atoms with E-state index in [1.54, 1.807) is 29.2 Å². The van der Waals surface area contributed by atoms with Crippen LogP contribution in [0.2, 0.25) is 0 Å². The Bertz CT molecular complexity index is 1390. The maximum atomic E-state index is 12.7. The Balaban J connectivity index is 0.000000479. The van der Waals surface area contributed by atoms with Gasteiger partial charge in [0, 0.05) is 23.4 Å². The molecule has 0 spiro atoms. The molecule has 9 nitrogen and oxygen atoms in total. The molecule has 1 aliphatic heterocycles. The SMILES string of the molecule is N=C(N)c1cccc(CN2CC[C@H](NCS(=O)(=O)c3cc4ccccc4s3)C2=O)c1.O=C(O)C(F)(F)F. The fourth-order valence-corrected chi connectivity index (χ4v) is 6.15. The van der Waals surface area contributed by atoms with Crippen LogP contribution in [0.1, 0.15) is 17.5 Å². The summed E-state index contributed by atoms with van der Waals surface area (Å²) in [5.41, 5.74) is 7.03. The summed E-state index contributed by atoms with van der Waals surface area (Å²) in [5, 5.41) is 18.5. The average molecular weight is 557 g/mol. The number of carbonyl (C=O) groups excluding carboxylic acids is 1. The number of hydrogen-bond acceptors (Lipinski definition) is 7. The number of fused-ring (bicyclic) bond motifs is 1. The number of nitrogens with zero attached hydrogens (tertiary/aromatic N) is 1. The first-order chi connectivity index (χ1) is 17.3. The summed E-state index contributed by atoms with van der Waals surface area (Å²) in [4.78, 5) is 23.3. The number of alkyl halides is 3. The van der Waals surface area contributed by atoms with Crippen molar-refractivity contribution in [2.75, 3.05) is 12.4 Å². The van der Waals surface area contributed by atoms with E-state index in [1.807, 2.05) is 30.3 Å². The number of benzene rings is 2. The molecule has 1 fully saturated rings. The third-order valence-corrected chi connectivity index (χ3v) is 8.58. The number of rotatable bonds is 7. The molecule has 0 radical (unpaired) electrons. The Kier molecular flexibility index (Phi) is 8.56. The zero-order valence-corrected chi connectivity index (χ0v) is 20.8. The largest absolute Gasteiger partial charge is 0.490 e. The average Bonchev–Trinajstić information content (AvgIpc) is 3.42. The molecule has 198 valence electrons. The van der Waals surface area contributed by atoms with Crippen molar-refractivity contribution in [3.05, 3.63) is 65.7 Å². The zero-order chi connectivity index (χ0) is 27.4. The maximum Gasteiger partial charge on any atom is 0.490 e. The quantitative estimate of drug-likeness (QED) is 0.258. The lowest BCUT2D eigenvalue weighted by molar-refractivity contribution is -0.192. The van der Waals surface area contributed by atoms with E-state index in [-0.39, 0.29) is 17.6 Å². The summed E-state index contributed by atoms with van der Waals surface area (Å²) in [5.74, 6) is -3.16. The van der Waals surface area contributed by atoms with Crippen molar-refractivity contribution in [3.63, 3.8) is 0 Å². The van der Waals surface area contributed by atoms with Crippen LogP contribution in [-0.4, -0.2) is 60.8 Å². The van der Waals surface area contributed by atoms with Gasteiger partial charge in [0.1, 0.15) is 15.9 Å². The molecule has 0 unspecified atom stereocenters. The van der Waals surface area contributed by atoms with Gasteiger partial charge in [0.15, 0.2) is 0 Å².